The first-order valence-corrected chi connectivity index (χ1v) is 21.9. The van der Waals surface area contributed by atoms with Crippen LogP contribution in [0.25, 0.3) is 11.1 Å². The highest BCUT2D eigenvalue weighted by Crippen LogP contribution is 2.61. The number of fused-ring (bicyclic) bond motifs is 9. The van der Waals surface area contributed by atoms with Gasteiger partial charge in [0.15, 0.2) is 5.75 Å². The second-order valence-corrected chi connectivity index (χ2v) is 22.4. The lowest BCUT2D eigenvalue weighted by Crippen LogP contribution is -2.62. The lowest BCUT2D eigenvalue weighted by molar-refractivity contribution is 0.420. The van der Waals surface area contributed by atoms with Gasteiger partial charge in [-0.05, 0) is 109 Å². The van der Waals surface area contributed by atoms with Crippen LogP contribution in [-0.4, -0.2) is 6.85 Å². The Bertz CT molecular complexity index is 2790. The maximum Gasteiger partial charge on any atom is 0.333 e. The molecular formula is C55H59BN2O2. The average molecular weight is 791 g/mol. The van der Waals surface area contributed by atoms with E-state index in [-0.39, 0.29) is 33.9 Å². The van der Waals surface area contributed by atoms with Gasteiger partial charge in [0.25, 0.3) is 0 Å². The van der Waals surface area contributed by atoms with Crippen molar-refractivity contribution >= 4 is 46.2 Å². The maximum atomic E-state index is 7.28. The van der Waals surface area contributed by atoms with Crippen LogP contribution in [0, 0.1) is 0 Å². The van der Waals surface area contributed by atoms with Gasteiger partial charge in [0, 0.05) is 44.7 Å². The first-order chi connectivity index (χ1) is 28.0. The van der Waals surface area contributed by atoms with Crippen LogP contribution in [-0.2, 0) is 27.1 Å². The molecule has 6 aromatic carbocycles. The fourth-order valence-electron chi connectivity index (χ4n) is 9.99. The van der Waals surface area contributed by atoms with E-state index < -0.39 is 0 Å². The summed E-state index contributed by atoms with van der Waals surface area (Å²) in [5.74, 6) is 3.66. The van der Waals surface area contributed by atoms with Crippen molar-refractivity contribution in [1.82, 2.24) is 0 Å². The van der Waals surface area contributed by atoms with Gasteiger partial charge in [-0.15, -0.1) is 0 Å². The highest BCUT2D eigenvalue weighted by molar-refractivity contribution is 6.94. The zero-order valence-corrected chi connectivity index (χ0v) is 38.1. The van der Waals surface area contributed by atoms with Gasteiger partial charge < -0.3 is 19.2 Å². The molecule has 4 heterocycles. The molecule has 0 aromatic heterocycles. The number of ether oxygens (including phenoxy) is 2. The molecule has 6 aromatic rings. The highest BCUT2D eigenvalue weighted by Gasteiger charge is 2.52. The quantitative estimate of drug-likeness (QED) is 0.155. The fraction of sp³-hybridized carbons (Fsp3) is 0.345. The Hall–Kier alpha value is -5.42. The number of hydrogen-bond donors (Lipinski definition) is 0. The molecule has 4 aliphatic heterocycles. The summed E-state index contributed by atoms with van der Waals surface area (Å²) in [6.45, 7) is 32.1. The molecule has 0 radical (unpaired) electrons. The summed E-state index contributed by atoms with van der Waals surface area (Å²) < 4.78 is 14.5. The molecule has 4 nitrogen and oxygen atoms in total. The average Bonchev–Trinajstić information content (AvgIpc) is 3.17. The van der Waals surface area contributed by atoms with Crippen LogP contribution in [0.3, 0.4) is 0 Å². The van der Waals surface area contributed by atoms with Crippen molar-refractivity contribution in [2.45, 2.75) is 124 Å². The SMILES string of the molecule is CC(C)(C)c1ccc(N2c3cc(C(C)(C)C)ccc3B3c4c2cc2c(c4-c4cc(C(C)(C)C)cc5c4N3c3ccc(C(C)(C)C)cc3O5)Oc3ccccc3C2(C)C)cc1. The van der Waals surface area contributed by atoms with Crippen LogP contribution in [0.5, 0.6) is 23.0 Å². The van der Waals surface area contributed by atoms with Crippen molar-refractivity contribution in [2.75, 3.05) is 9.71 Å². The minimum absolute atomic E-state index is 0.0331. The van der Waals surface area contributed by atoms with Gasteiger partial charge in [0.2, 0.25) is 0 Å². The molecule has 304 valence electrons. The van der Waals surface area contributed by atoms with Crippen LogP contribution in [0.15, 0.2) is 103 Å². The Morgan fingerprint density at radius 1 is 0.500 bits per heavy atom. The van der Waals surface area contributed by atoms with Gasteiger partial charge in [0.1, 0.15) is 17.2 Å². The minimum atomic E-state index is -0.341. The molecule has 0 saturated carbocycles. The number of benzene rings is 6. The summed E-state index contributed by atoms with van der Waals surface area (Å²) in [7, 11) is 0. The van der Waals surface area contributed by atoms with Gasteiger partial charge in [-0.1, -0.05) is 145 Å². The van der Waals surface area contributed by atoms with Crippen LogP contribution >= 0.6 is 0 Å². The van der Waals surface area contributed by atoms with E-state index in [1.165, 1.54) is 55.7 Å². The van der Waals surface area contributed by atoms with Crippen LogP contribution < -0.4 is 30.1 Å². The smallest absolute Gasteiger partial charge is 0.333 e. The summed E-state index contributed by atoms with van der Waals surface area (Å²) in [5.41, 5.74) is 17.5. The summed E-state index contributed by atoms with van der Waals surface area (Å²) in [6.07, 6.45) is 0. The number of nitrogens with zero attached hydrogens (tertiary/aromatic N) is 2. The minimum Gasteiger partial charge on any atom is -0.456 e. The Labute approximate surface area is 358 Å². The second-order valence-electron chi connectivity index (χ2n) is 22.4. The molecular weight excluding hydrogens is 731 g/mol. The van der Waals surface area contributed by atoms with Crippen molar-refractivity contribution in [2.24, 2.45) is 0 Å². The van der Waals surface area contributed by atoms with Gasteiger partial charge in [0.05, 0.1) is 11.4 Å². The summed E-state index contributed by atoms with van der Waals surface area (Å²) in [6, 6.07) is 39.3. The predicted molar refractivity (Wildman–Crippen MR) is 254 cm³/mol. The molecule has 0 amide bonds. The summed E-state index contributed by atoms with van der Waals surface area (Å²) in [5, 5.41) is 0. The van der Waals surface area contributed by atoms with Gasteiger partial charge in [-0.2, -0.15) is 0 Å². The van der Waals surface area contributed by atoms with Gasteiger partial charge in [-0.3, -0.25) is 0 Å². The third-order valence-electron chi connectivity index (χ3n) is 13.7. The van der Waals surface area contributed by atoms with Crippen molar-refractivity contribution in [3.8, 4) is 34.1 Å². The molecule has 10 rings (SSSR count). The molecule has 5 heteroatoms. The molecule has 60 heavy (non-hydrogen) atoms. The molecule has 0 aliphatic carbocycles. The Morgan fingerprint density at radius 3 is 1.77 bits per heavy atom. The largest absolute Gasteiger partial charge is 0.456 e. The molecule has 0 bridgehead atoms. The van der Waals surface area contributed by atoms with E-state index in [1.807, 2.05) is 0 Å². The predicted octanol–water partition coefficient (Wildman–Crippen LogP) is 14.1. The van der Waals surface area contributed by atoms with Crippen LogP contribution in [0.2, 0.25) is 0 Å². The van der Waals surface area contributed by atoms with Gasteiger partial charge >= 0.3 is 6.85 Å². The van der Waals surface area contributed by atoms with E-state index >= 15 is 0 Å². The highest BCUT2D eigenvalue weighted by atomic mass is 16.5. The van der Waals surface area contributed by atoms with Crippen LogP contribution in [0.1, 0.15) is 130 Å². The normalized spacial score (nSPS) is 15.8. The Kier molecular flexibility index (Phi) is 7.97. The first kappa shape index (κ1) is 38.8. The summed E-state index contributed by atoms with van der Waals surface area (Å²) >= 11 is 0. The molecule has 0 saturated heterocycles. The standard InChI is InChI=1S/C55H59BN2O2/c1-51(2,3)32-19-23-36(24-20-32)57-42-28-33(52(4,5)6)21-25-40(42)56-48-43(57)31-39-50(60-44-18-16-15-17-38(44)55(39,13)14)47(48)37-27-35(54(10,11)12)30-46-49(37)58(56)41-26-22-34(53(7,8)9)29-45(41)59-46/h15-31H,1-14H3. The van der Waals surface area contributed by atoms with E-state index in [0.29, 0.717) is 0 Å². The van der Waals surface area contributed by atoms with E-state index in [1.54, 1.807) is 0 Å². The molecule has 0 spiro atoms. The third-order valence-corrected chi connectivity index (χ3v) is 13.7. The lowest BCUT2D eigenvalue weighted by Gasteiger charge is -2.49. The molecule has 0 atom stereocenters. The zero-order valence-electron chi connectivity index (χ0n) is 38.1. The van der Waals surface area contributed by atoms with E-state index in [2.05, 4.69) is 210 Å². The number of anilines is 5. The summed E-state index contributed by atoms with van der Waals surface area (Å²) in [4.78, 5) is 5.17. The maximum absolute atomic E-state index is 7.28. The molecule has 0 unspecified atom stereocenters. The first-order valence-electron chi connectivity index (χ1n) is 21.9. The van der Waals surface area contributed by atoms with Gasteiger partial charge in [-0.25, -0.2) is 0 Å². The topological polar surface area (TPSA) is 24.9 Å². The van der Waals surface area contributed by atoms with E-state index in [9.17, 15) is 0 Å². The molecule has 0 N–H and O–H groups in total. The third kappa shape index (κ3) is 5.63. The monoisotopic (exact) mass is 790 g/mol. The number of rotatable bonds is 1. The number of para-hydroxylation sites is 1. The van der Waals surface area contributed by atoms with E-state index in [0.717, 1.165) is 51.2 Å². The van der Waals surface area contributed by atoms with Crippen molar-refractivity contribution in [3.63, 3.8) is 0 Å². The number of hydrogen-bond acceptors (Lipinski definition) is 4. The molecule has 4 aliphatic rings. The molecule has 0 fully saturated rings. The van der Waals surface area contributed by atoms with Crippen molar-refractivity contribution in [3.05, 3.63) is 137 Å². The fourth-order valence-corrected chi connectivity index (χ4v) is 9.99. The lowest BCUT2D eigenvalue weighted by atomic mass is 9.42. The Balaban J connectivity index is 1.37. The zero-order chi connectivity index (χ0) is 42.6. The Morgan fingerprint density at radius 2 is 1.10 bits per heavy atom. The van der Waals surface area contributed by atoms with Crippen molar-refractivity contribution < 1.29 is 9.47 Å². The van der Waals surface area contributed by atoms with Crippen molar-refractivity contribution in [1.29, 1.82) is 0 Å². The van der Waals surface area contributed by atoms with E-state index in [4.69, 9.17) is 9.47 Å². The second kappa shape index (κ2) is 12.3. The van der Waals surface area contributed by atoms with Crippen LogP contribution in [0.4, 0.5) is 28.4 Å².